The molecule has 0 aliphatic rings. The Balaban J connectivity index is 2.81. The Morgan fingerprint density at radius 1 is 1.56 bits per heavy atom. The molecule has 1 rings (SSSR count). The van der Waals surface area contributed by atoms with Crippen LogP contribution in [0.15, 0.2) is 18.2 Å². The summed E-state index contributed by atoms with van der Waals surface area (Å²) in [5, 5.41) is 0.503. The molecule has 0 spiro atoms. The lowest BCUT2D eigenvalue weighted by atomic mass is 10.1. The number of rotatable bonds is 5. The Hall–Kier alpha value is -1.46. The molecule has 0 heterocycles. The summed E-state index contributed by atoms with van der Waals surface area (Å²) < 4.78 is 5.26. The number of carbonyl (C=O) groups is 1. The van der Waals surface area contributed by atoms with Gasteiger partial charge in [-0.05, 0) is 17.7 Å². The first-order chi connectivity index (χ1) is 7.67. The predicted octanol–water partition coefficient (Wildman–Crippen LogP) is 2.87. The molecule has 1 aromatic carbocycles. The standard InChI is InChI=1S/C13H13ClO2/c1-3-7-16-13-9-10(5-6-12(13)14)8-11(15)4-2/h1,5-6,9H,4,7-8H2,2H3. The van der Waals surface area contributed by atoms with Crippen LogP contribution in [0.3, 0.4) is 0 Å². The van der Waals surface area contributed by atoms with Crippen LogP contribution < -0.4 is 4.74 Å². The number of hydrogen-bond acceptors (Lipinski definition) is 2. The molecule has 16 heavy (non-hydrogen) atoms. The van der Waals surface area contributed by atoms with E-state index in [4.69, 9.17) is 22.8 Å². The zero-order valence-electron chi connectivity index (χ0n) is 9.13. The zero-order valence-corrected chi connectivity index (χ0v) is 9.88. The summed E-state index contributed by atoms with van der Waals surface area (Å²) >= 11 is 5.92. The van der Waals surface area contributed by atoms with E-state index in [1.54, 1.807) is 12.1 Å². The van der Waals surface area contributed by atoms with Crippen LogP contribution in [0, 0.1) is 12.3 Å². The molecule has 0 aliphatic carbocycles. The molecule has 0 fully saturated rings. The lowest BCUT2D eigenvalue weighted by Crippen LogP contribution is -2.01. The van der Waals surface area contributed by atoms with Crippen LogP contribution in [0.4, 0.5) is 0 Å². The summed E-state index contributed by atoms with van der Waals surface area (Å²) in [6.45, 7) is 2.01. The minimum Gasteiger partial charge on any atom is -0.479 e. The van der Waals surface area contributed by atoms with E-state index in [1.165, 1.54) is 0 Å². The van der Waals surface area contributed by atoms with E-state index in [-0.39, 0.29) is 12.4 Å². The van der Waals surface area contributed by atoms with Crippen LogP contribution in [0.2, 0.25) is 5.02 Å². The Bertz CT molecular complexity index is 418. The normalized spacial score (nSPS) is 9.56. The van der Waals surface area contributed by atoms with Crippen molar-refractivity contribution in [2.75, 3.05) is 6.61 Å². The maximum atomic E-state index is 11.3. The van der Waals surface area contributed by atoms with Crippen molar-refractivity contribution >= 4 is 17.4 Å². The van der Waals surface area contributed by atoms with E-state index >= 15 is 0 Å². The Labute approximate surface area is 101 Å². The number of benzene rings is 1. The molecule has 0 atom stereocenters. The summed E-state index contributed by atoms with van der Waals surface area (Å²) in [6, 6.07) is 5.29. The lowest BCUT2D eigenvalue weighted by molar-refractivity contribution is -0.118. The van der Waals surface area contributed by atoms with Crippen molar-refractivity contribution in [3.05, 3.63) is 28.8 Å². The van der Waals surface area contributed by atoms with Gasteiger partial charge in [0.05, 0.1) is 5.02 Å². The number of terminal acetylenes is 1. The van der Waals surface area contributed by atoms with Gasteiger partial charge in [-0.3, -0.25) is 4.79 Å². The van der Waals surface area contributed by atoms with Gasteiger partial charge in [0.2, 0.25) is 0 Å². The molecule has 0 N–H and O–H groups in total. The minimum atomic E-state index is 0.172. The predicted molar refractivity (Wildman–Crippen MR) is 64.8 cm³/mol. The number of Topliss-reactive ketones (excluding diaryl/α,β-unsaturated/α-hetero) is 1. The third-order valence-electron chi connectivity index (χ3n) is 2.10. The highest BCUT2D eigenvalue weighted by atomic mass is 35.5. The molecule has 0 bridgehead atoms. The number of ether oxygens (including phenoxy) is 1. The monoisotopic (exact) mass is 236 g/mol. The van der Waals surface area contributed by atoms with Crippen molar-refractivity contribution in [1.82, 2.24) is 0 Å². The molecule has 0 unspecified atom stereocenters. The number of hydrogen-bond donors (Lipinski definition) is 0. The molecule has 3 heteroatoms. The zero-order chi connectivity index (χ0) is 12.0. The minimum absolute atomic E-state index is 0.172. The maximum absolute atomic E-state index is 11.3. The van der Waals surface area contributed by atoms with E-state index in [1.807, 2.05) is 13.0 Å². The molecule has 0 aromatic heterocycles. The lowest BCUT2D eigenvalue weighted by Gasteiger charge is -2.07. The molecule has 1 aromatic rings. The van der Waals surface area contributed by atoms with Crippen LogP contribution in [-0.4, -0.2) is 12.4 Å². The number of carbonyl (C=O) groups excluding carboxylic acids is 1. The van der Waals surface area contributed by atoms with Crippen LogP contribution in [0.5, 0.6) is 5.75 Å². The van der Waals surface area contributed by atoms with Crippen molar-refractivity contribution in [1.29, 1.82) is 0 Å². The topological polar surface area (TPSA) is 26.3 Å². The van der Waals surface area contributed by atoms with Gasteiger partial charge in [0.25, 0.3) is 0 Å². The Kier molecular flexibility index (Phi) is 4.88. The quantitative estimate of drug-likeness (QED) is 0.735. The van der Waals surface area contributed by atoms with Gasteiger partial charge in [-0.25, -0.2) is 0 Å². The van der Waals surface area contributed by atoms with Crippen LogP contribution >= 0.6 is 11.6 Å². The van der Waals surface area contributed by atoms with Crippen LogP contribution in [0.1, 0.15) is 18.9 Å². The third-order valence-corrected chi connectivity index (χ3v) is 2.41. The summed E-state index contributed by atoms with van der Waals surface area (Å²) in [6.07, 6.45) is 6.03. The average molecular weight is 237 g/mol. The molecule has 2 nitrogen and oxygen atoms in total. The number of halogens is 1. The van der Waals surface area contributed by atoms with Gasteiger partial charge < -0.3 is 4.74 Å². The van der Waals surface area contributed by atoms with Gasteiger partial charge in [0.1, 0.15) is 18.1 Å². The van der Waals surface area contributed by atoms with Gasteiger partial charge in [-0.2, -0.15) is 0 Å². The second kappa shape index (κ2) is 6.19. The highest BCUT2D eigenvalue weighted by molar-refractivity contribution is 6.32. The fourth-order valence-electron chi connectivity index (χ4n) is 1.24. The molecule has 0 saturated carbocycles. The SMILES string of the molecule is C#CCOc1cc(CC(=O)CC)ccc1Cl. The smallest absolute Gasteiger partial charge is 0.148 e. The molecule has 84 valence electrons. The van der Waals surface area contributed by atoms with E-state index in [0.29, 0.717) is 23.6 Å². The second-order valence-corrected chi connectivity index (χ2v) is 3.73. The third kappa shape index (κ3) is 3.60. The summed E-state index contributed by atoms with van der Waals surface area (Å²) in [4.78, 5) is 11.3. The first kappa shape index (κ1) is 12.6. The molecular weight excluding hydrogens is 224 g/mol. The summed E-state index contributed by atoms with van der Waals surface area (Å²) in [5.74, 6) is 3.08. The molecule has 0 radical (unpaired) electrons. The van der Waals surface area contributed by atoms with Crippen molar-refractivity contribution in [3.8, 4) is 18.1 Å². The van der Waals surface area contributed by atoms with Gasteiger partial charge in [-0.15, -0.1) is 6.42 Å². The fraction of sp³-hybridized carbons (Fsp3) is 0.308. The Morgan fingerprint density at radius 3 is 2.94 bits per heavy atom. The van der Waals surface area contributed by atoms with E-state index in [9.17, 15) is 4.79 Å². The summed E-state index contributed by atoms with van der Waals surface area (Å²) in [5.41, 5.74) is 0.892. The van der Waals surface area contributed by atoms with E-state index in [2.05, 4.69) is 5.92 Å². The fourth-order valence-corrected chi connectivity index (χ4v) is 1.41. The van der Waals surface area contributed by atoms with Gasteiger partial charge in [-0.1, -0.05) is 30.5 Å². The summed E-state index contributed by atoms with van der Waals surface area (Å²) in [7, 11) is 0. The maximum Gasteiger partial charge on any atom is 0.148 e. The van der Waals surface area contributed by atoms with Gasteiger partial charge in [0.15, 0.2) is 0 Å². The van der Waals surface area contributed by atoms with Crippen molar-refractivity contribution in [3.63, 3.8) is 0 Å². The van der Waals surface area contributed by atoms with Crippen LogP contribution in [-0.2, 0) is 11.2 Å². The van der Waals surface area contributed by atoms with Gasteiger partial charge >= 0.3 is 0 Å². The van der Waals surface area contributed by atoms with Crippen LogP contribution in [0.25, 0.3) is 0 Å². The molecule has 0 amide bonds. The van der Waals surface area contributed by atoms with E-state index < -0.39 is 0 Å². The first-order valence-electron chi connectivity index (χ1n) is 5.03. The number of ketones is 1. The van der Waals surface area contributed by atoms with Crippen molar-refractivity contribution in [2.45, 2.75) is 19.8 Å². The molecular formula is C13H13ClO2. The molecule has 0 saturated heterocycles. The first-order valence-corrected chi connectivity index (χ1v) is 5.41. The largest absolute Gasteiger partial charge is 0.479 e. The molecule has 0 aliphatic heterocycles. The van der Waals surface area contributed by atoms with E-state index in [0.717, 1.165) is 5.56 Å². The highest BCUT2D eigenvalue weighted by Gasteiger charge is 2.06. The van der Waals surface area contributed by atoms with Gasteiger partial charge in [0, 0.05) is 12.8 Å². The average Bonchev–Trinajstić information content (AvgIpc) is 2.29. The Morgan fingerprint density at radius 2 is 2.31 bits per heavy atom. The van der Waals surface area contributed by atoms with Crippen molar-refractivity contribution < 1.29 is 9.53 Å². The van der Waals surface area contributed by atoms with Crippen molar-refractivity contribution in [2.24, 2.45) is 0 Å². The highest BCUT2D eigenvalue weighted by Crippen LogP contribution is 2.25. The second-order valence-electron chi connectivity index (χ2n) is 3.33.